The summed E-state index contributed by atoms with van der Waals surface area (Å²) in [5, 5.41) is 3.39. The van der Waals surface area contributed by atoms with Crippen molar-refractivity contribution < 1.29 is 9.59 Å². The fourth-order valence-electron chi connectivity index (χ4n) is 2.17. The maximum atomic E-state index is 11.4. The van der Waals surface area contributed by atoms with Gasteiger partial charge in [-0.3, -0.25) is 9.59 Å². The number of carbonyl (C=O) groups is 2. The smallest absolute Gasteiger partial charge is 0.222 e. The minimum atomic E-state index is 0.0737. The van der Waals surface area contributed by atoms with Gasteiger partial charge in [0.1, 0.15) is 0 Å². The third-order valence-electron chi connectivity index (χ3n) is 3.29. The second kappa shape index (κ2) is 5.21. The second-order valence-electron chi connectivity index (χ2n) is 4.79. The quantitative estimate of drug-likeness (QED) is 0.829. The highest BCUT2D eigenvalue weighted by Crippen LogP contribution is 2.16. The summed E-state index contributed by atoms with van der Waals surface area (Å²) < 4.78 is 0. The first-order valence-corrected chi connectivity index (χ1v) is 6.18. The number of nitrogens with one attached hydrogen (secondary N) is 1. The number of anilines is 1. The van der Waals surface area contributed by atoms with Crippen LogP contribution in [-0.4, -0.2) is 36.2 Å². The van der Waals surface area contributed by atoms with E-state index >= 15 is 0 Å². The van der Waals surface area contributed by atoms with E-state index in [1.807, 2.05) is 31.3 Å². The lowest BCUT2D eigenvalue weighted by Gasteiger charge is -2.30. The summed E-state index contributed by atoms with van der Waals surface area (Å²) in [6.45, 7) is 2.29. The molecule has 1 amide bonds. The number of likely N-dealkylation sites (tertiary alicyclic amines) is 1. The van der Waals surface area contributed by atoms with E-state index < -0.39 is 0 Å². The van der Waals surface area contributed by atoms with Gasteiger partial charge in [0.25, 0.3) is 0 Å². The average molecular weight is 246 g/mol. The van der Waals surface area contributed by atoms with E-state index in [0.717, 1.165) is 24.2 Å². The molecule has 0 spiro atoms. The van der Waals surface area contributed by atoms with Crippen LogP contribution in [0.15, 0.2) is 24.3 Å². The molecule has 1 aliphatic heterocycles. The van der Waals surface area contributed by atoms with Crippen molar-refractivity contribution in [3.63, 3.8) is 0 Å². The molecule has 0 aromatic heterocycles. The maximum absolute atomic E-state index is 11.4. The lowest BCUT2D eigenvalue weighted by molar-refractivity contribution is -0.132. The Labute approximate surface area is 107 Å². The monoisotopic (exact) mass is 246 g/mol. The molecular formula is C14H18N2O2. The molecule has 0 bridgehead atoms. The molecule has 1 N–H and O–H groups in total. The summed E-state index contributed by atoms with van der Waals surface area (Å²) in [5.41, 5.74) is 1.71. The van der Waals surface area contributed by atoms with Crippen molar-refractivity contribution in [2.45, 2.75) is 25.8 Å². The van der Waals surface area contributed by atoms with E-state index in [-0.39, 0.29) is 17.7 Å². The van der Waals surface area contributed by atoms with Crippen LogP contribution in [-0.2, 0) is 4.79 Å². The van der Waals surface area contributed by atoms with Crippen molar-refractivity contribution in [2.24, 2.45) is 0 Å². The van der Waals surface area contributed by atoms with Crippen molar-refractivity contribution in [1.29, 1.82) is 0 Å². The van der Waals surface area contributed by atoms with Crippen molar-refractivity contribution >= 4 is 17.4 Å². The molecule has 1 aliphatic rings. The Bertz CT molecular complexity index is 453. The van der Waals surface area contributed by atoms with Crippen molar-refractivity contribution in [3.8, 4) is 0 Å². The van der Waals surface area contributed by atoms with Crippen LogP contribution >= 0.6 is 0 Å². The molecule has 1 heterocycles. The van der Waals surface area contributed by atoms with Gasteiger partial charge < -0.3 is 10.2 Å². The van der Waals surface area contributed by atoms with Gasteiger partial charge in [-0.1, -0.05) is 0 Å². The topological polar surface area (TPSA) is 49.4 Å². The number of hydrogen-bond acceptors (Lipinski definition) is 3. The van der Waals surface area contributed by atoms with E-state index in [0.29, 0.717) is 6.42 Å². The maximum Gasteiger partial charge on any atom is 0.222 e. The molecular weight excluding hydrogens is 228 g/mol. The zero-order chi connectivity index (χ0) is 13.1. The molecule has 0 saturated carbocycles. The van der Waals surface area contributed by atoms with Crippen molar-refractivity contribution in [2.75, 3.05) is 18.9 Å². The predicted molar refractivity (Wildman–Crippen MR) is 70.7 cm³/mol. The molecule has 0 aliphatic carbocycles. The van der Waals surface area contributed by atoms with Crippen LogP contribution < -0.4 is 5.32 Å². The molecule has 18 heavy (non-hydrogen) atoms. The summed E-state index contributed by atoms with van der Waals surface area (Å²) in [6, 6.07) is 7.75. The molecule has 1 unspecified atom stereocenters. The standard InChI is InChI=1S/C14H18N2O2/c1-10(17)11-3-5-12(6-4-11)15-13-7-8-14(18)16(2)9-13/h3-6,13,15H,7-9H2,1-2H3. The van der Waals surface area contributed by atoms with Crippen LogP contribution in [0, 0.1) is 0 Å². The number of likely N-dealkylation sites (N-methyl/N-ethyl adjacent to an activating group) is 1. The molecule has 1 fully saturated rings. The Morgan fingerprint density at radius 1 is 1.33 bits per heavy atom. The fourth-order valence-corrected chi connectivity index (χ4v) is 2.17. The van der Waals surface area contributed by atoms with Crippen molar-refractivity contribution in [3.05, 3.63) is 29.8 Å². The van der Waals surface area contributed by atoms with E-state index in [4.69, 9.17) is 0 Å². The lowest BCUT2D eigenvalue weighted by atomic mass is 10.0. The largest absolute Gasteiger partial charge is 0.381 e. The third kappa shape index (κ3) is 2.88. The molecule has 1 aromatic rings. The first kappa shape index (κ1) is 12.6. The SMILES string of the molecule is CC(=O)c1ccc(NC2CCC(=O)N(C)C2)cc1. The van der Waals surface area contributed by atoms with Gasteiger partial charge >= 0.3 is 0 Å². The summed E-state index contributed by atoms with van der Waals surface area (Å²) in [6.07, 6.45) is 1.46. The summed E-state index contributed by atoms with van der Waals surface area (Å²) in [7, 11) is 1.83. The number of amides is 1. The van der Waals surface area contributed by atoms with Gasteiger partial charge in [-0.25, -0.2) is 0 Å². The van der Waals surface area contributed by atoms with Crippen molar-refractivity contribution in [1.82, 2.24) is 4.90 Å². The Kier molecular flexibility index (Phi) is 3.65. The molecule has 96 valence electrons. The highest BCUT2D eigenvalue weighted by atomic mass is 16.2. The van der Waals surface area contributed by atoms with E-state index in [9.17, 15) is 9.59 Å². The second-order valence-corrected chi connectivity index (χ2v) is 4.79. The first-order chi connectivity index (χ1) is 8.56. The third-order valence-corrected chi connectivity index (χ3v) is 3.29. The number of rotatable bonds is 3. The van der Waals surface area contributed by atoms with Crippen LogP contribution in [0.5, 0.6) is 0 Å². The van der Waals surface area contributed by atoms with Crippen LogP contribution in [0.4, 0.5) is 5.69 Å². The highest BCUT2D eigenvalue weighted by Gasteiger charge is 2.22. The summed E-state index contributed by atoms with van der Waals surface area (Å²) >= 11 is 0. The Morgan fingerprint density at radius 3 is 2.56 bits per heavy atom. The Hall–Kier alpha value is -1.84. The molecule has 4 nitrogen and oxygen atoms in total. The molecule has 1 atom stereocenters. The van der Waals surface area contributed by atoms with Gasteiger partial charge in [0.15, 0.2) is 5.78 Å². The Morgan fingerprint density at radius 2 is 2.00 bits per heavy atom. The average Bonchev–Trinajstić information content (AvgIpc) is 2.34. The number of Topliss-reactive ketones (excluding diaryl/α,β-unsaturated/α-hetero) is 1. The number of ketones is 1. The molecule has 4 heteroatoms. The van der Waals surface area contributed by atoms with E-state index in [1.165, 1.54) is 0 Å². The van der Waals surface area contributed by atoms with Gasteiger partial charge in [-0.15, -0.1) is 0 Å². The molecule has 1 saturated heterocycles. The van der Waals surface area contributed by atoms with Gasteiger partial charge in [-0.2, -0.15) is 0 Å². The van der Waals surface area contributed by atoms with Gasteiger partial charge in [0, 0.05) is 37.3 Å². The highest BCUT2D eigenvalue weighted by molar-refractivity contribution is 5.94. The first-order valence-electron chi connectivity index (χ1n) is 6.18. The number of hydrogen-bond donors (Lipinski definition) is 1. The van der Waals surface area contributed by atoms with E-state index in [1.54, 1.807) is 11.8 Å². The van der Waals surface area contributed by atoms with Gasteiger partial charge in [0.05, 0.1) is 0 Å². The van der Waals surface area contributed by atoms with Crippen LogP contribution in [0.3, 0.4) is 0 Å². The molecule has 0 radical (unpaired) electrons. The minimum Gasteiger partial charge on any atom is -0.381 e. The minimum absolute atomic E-state index is 0.0737. The van der Waals surface area contributed by atoms with Crippen LogP contribution in [0.25, 0.3) is 0 Å². The number of piperidine rings is 1. The molecule has 1 aromatic carbocycles. The lowest BCUT2D eigenvalue weighted by Crippen LogP contribution is -2.43. The molecule has 2 rings (SSSR count). The Balaban J connectivity index is 1.97. The zero-order valence-corrected chi connectivity index (χ0v) is 10.8. The summed E-state index contributed by atoms with van der Waals surface area (Å²) in [5.74, 6) is 0.282. The predicted octanol–water partition coefficient (Wildman–Crippen LogP) is 1.92. The van der Waals surface area contributed by atoms with Gasteiger partial charge in [-0.05, 0) is 37.6 Å². The van der Waals surface area contributed by atoms with Crippen LogP contribution in [0.2, 0.25) is 0 Å². The van der Waals surface area contributed by atoms with Crippen LogP contribution in [0.1, 0.15) is 30.1 Å². The number of nitrogens with zero attached hydrogens (tertiary/aromatic N) is 1. The van der Waals surface area contributed by atoms with Gasteiger partial charge in [0.2, 0.25) is 5.91 Å². The van der Waals surface area contributed by atoms with E-state index in [2.05, 4.69) is 5.32 Å². The normalized spacial score (nSPS) is 19.8. The number of carbonyl (C=O) groups excluding carboxylic acids is 2. The fraction of sp³-hybridized carbons (Fsp3) is 0.429. The summed E-state index contributed by atoms with van der Waals surface area (Å²) in [4.78, 5) is 24.3. The zero-order valence-electron chi connectivity index (χ0n) is 10.8. The number of benzene rings is 1.